The molecule has 0 spiro atoms. The highest BCUT2D eigenvalue weighted by atomic mass is 32.1. The van der Waals surface area contributed by atoms with Gasteiger partial charge in [0.1, 0.15) is 0 Å². The van der Waals surface area contributed by atoms with Crippen LogP contribution >= 0.6 is 11.3 Å². The van der Waals surface area contributed by atoms with Crippen molar-refractivity contribution in [3.8, 4) is 0 Å². The molecule has 1 N–H and O–H groups in total. The molecule has 1 aliphatic rings. The molecule has 0 aromatic carbocycles. The molecule has 0 radical (unpaired) electrons. The minimum Gasteiger partial charge on any atom is -0.376 e. The van der Waals surface area contributed by atoms with Gasteiger partial charge in [-0.2, -0.15) is 13.2 Å². The predicted octanol–water partition coefficient (Wildman–Crippen LogP) is 2.60. The molecule has 1 aromatic heterocycles. The Morgan fingerprint density at radius 3 is 2.82 bits per heavy atom. The third-order valence-corrected chi connectivity index (χ3v) is 3.85. The fraction of sp³-hybridized carbons (Fsp3) is 0.700. The fourth-order valence-corrected chi connectivity index (χ4v) is 2.88. The van der Waals surface area contributed by atoms with Crippen LogP contribution in [0.25, 0.3) is 0 Å². The predicted molar refractivity (Wildman–Crippen MR) is 57.9 cm³/mol. The second-order valence-electron chi connectivity index (χ2n) is 3.88. The number of rotatable bonds is 3. The maximum Gasteiger partial charge on any atom is 0.443 e. The van der Waals surface area contributed by atoms with Crippen molar-refractivity contribution in [2.75, 3.05) is 13.7 Å². The number of aromatic nitrogens is 1. The number of nitrogens with one attached hydrogen (secondary N) is 1. The molecular weight excluding hydrogens is 253 g/mol. The Morgan fingerprint density at radius 2 is 2.35 bits per heavy atom. The molecule has 0 aliphatic carbocycles. The van der Waals surface area contributed by atoms with Crippen LogP contribution in [0.1, 0.15) is 28.8 Å². The van der Waals surface area contributed by atoms with Crippen LogP contribution in [-0.4, -0.2) is 24.7 Å². The van der Waals surface area contributed by atoms with E-state index in [2.05, 4.69) is 10.3 Å². The molecule has 2 atom stereocenters. The Bertz CT molecular complexity index is 374. The van der Waals surface area contributed by atoms with Gasteiger partial charge in [0.25, 0.3) is 0 Å². The van der Waals surface area contributed by atoms with Crippen molar-refractivity contribution in [1.29, 1.82) is 0 Å². The highest BCUT2D eigenvalue weighted by Gasteiger charge is 2.36. The topological polar surface area (TPSA) is 34.2 Å². The zero-order chi connectivity index (χ0) is 12.5. The lowest BCUT2D eigenvalue weighted by Crippen LogP contribution is -2.28. The molecule has 1 aliphatic heterocycles. The van der Waals surface area contributed by atoms with Gasteiger partial charge in [0.05, 0.1) is 12.1 Å². The molecule has 1 fully saturated rings. The lowest BCUT2D eigenvalue weighted by Gasteiger charge is -2.20. The van der Waals surface area contributed by atoms with E-state index in [1.807, 2.05) is 0 Å². The number of likely N-dealkylation sites (N-methyl/N-ethyl adjacent to an activating group) is 1. The summed E-state index contributed by atoms with van der Waals surface area (Å²) in [5, 5.41) is 2.20. The smallest absolute Gasteiger partial charge is 0.376 e. The zero-order valence-electron chi connectivity index (χ0n) is 9.25. The van der Waals surface area contributed by atoms with Gasteiger partial charge in [-0.15, -0.1) is 11.3 Å². The Labute approximate surface area is 101 Å². The second-order valence-corrected chi connectivity index (χ2v) is 4.95. The highest BCUT2D eigenvalue weighted by Crippen LogP contribution is 2.36. The molecule has 2 rings (SSSR count). The third-order valence-electron chi connectivity index (χ3n) is 2.72. The molecule has 1 aromatic rings. The maximum atomic E-state index is 12.4. The largest absolute Gasteiger partial charge is 0.443 e. The van der Waals surface area contributed by atoms with Gasteiger partial charge in [-0.3, -0.25) is 0 Å². The van der Waals surface area contributed by atoms with Crippen molar-refractivity contribution in [3.63, 3.8) is 0 Å². The summed E-state index contributed by atoms with van der Waals surface area (Å²) in [6.07, 6.45) is -1.31. The SMILES string of the molecule is CNC(c1cnc(C(F)(F)F)s1)C1CCCO1. The maximum absolute atomic E-state index is 12.4. The molecule has 17 heavy (non-hydrogen) atoms. The molecule has 0 saturated carbocycles. The van der Waals surface area contributed by atoms with Gasteiger partial charge in [0, 0.05) is 17.7 Å². The number of alkyl halides is 3. The van der Waals surface area contributed by atoms with Crippen LogP contribution in [0.5, 0.6) is 0 Å². The van der Waals surface area contributed by atoms with E-state index >= 15 is 0 Å². The minimum absolute atomic E-state index is 0.0541. The van der Waals surface area contributed by atoms with Crippen molar-refractivity contribution < 1.29 is 17.9 Å². The van der Waals surface area contributed by atoms with Gasteiger partial charge in [0.15, 0.2) is 5.01 Å². The van der Waals surface area contributed by atoms with E-state index < -0.39 is 11.2 Å². The quantitative estimate of drug-likeness (QED) is 0.913. The van der Waals surface area contributed by atoms with Gasteiger partial charge in [0.2, 0.25) is 0 Å². The van der Waals surface area contributed by atoms with Crippen LogP contribution in [0.3, 0.4) is 0 Å². The van der Waals surface area contributed by atoms with Crippen LogP contribution in [0.15, 0.2) is 6.20 Å². The Morgan fingerprint density at radius 1 is 1.59 bits per heavy atom. The summed E-state index contributed by atoms with van der Waals surface area (Å²) >= 11 is 0.681. The van der Waals surface area contributed by atoms with Crippen LogP contribution in [0.4, 0.5) is 13.2 Å². The number of thiazole rings is 1. The van der Waals surface area contributed by atoms with Gasteiger partial charge >= 0.3 is 6.18 Å². The number of halogens is 3. The molecule has 1 saturated heterocycles. The molecule has 2 unspecified atom stereocenters. The second kappa shape index (κ2) is 4.91. The first kappa shape index (κ1) is 12.8. The highest BCUT2D eigenvalue weighted by molar-refractivity contribution is 7.11. The average molecular weight is 266 g/mol. The molecule has 96 valence electrons. The normalized spacial score (nSPS) is 22.9. The monoisotopic (exact) mass is 266 g/mol. The molecular formula is C10H13F3N2OS. The summed E-state index contributed by atoms with van der Waals surface area (Å²) in [4.78, 5) is 4.00. The molecule has 2 heterocycles. The van der Waals surface area contributed by atoms with Crippen LogP contribution < -0.4 is 5.32 Å². The third kappa shape index (κ3) is 2.78. The van der Waals surface area contributed by atoms with Crippen molar-refractivity contribution in [2.45, 2.75) is 31.2 Å². The molecule has 0 bridgehead atoms. The minimum atomic E-state index is -4.36. The zero-order valence-corrected chi connectivity index (χ0v) is 10.1. The van der Waals surface area contributed by atoms with E-state index in [9.17, 15) is 13.2 Å². The van der Waals surface area contributed by atoms with Crippen molar-refractivity contribution in [2.24, 2.45) is 0 Å². The van der Waals surface area contributed by atoms with Crippen LogP contribution in [0, 0.1) is 0 Å². The standard InChI is InChI=1S/C10H13F3N2OS/c1-14-8(6-3-2-4-16-6)7-5-15-9(17-7)10(11,12)13/h5-6,8,14H,2-4H2,1H3. The summed E-state index contributed by atoms with van der Waals surface area (Å²) in [5.41, 5.74) is 0. The van der Waals surface area contributed by atoms with E-state index in [4.69, 9.17) is 4.74 Å². The fourth-order valence-electron chi connectivity index (χ4n) is 1.94. The van der Waals surface area contributed by atoms with E-state index in [0.717, 1.165) is 12.8 Å². The number of hydrogen-bond donors (Lipinski definition) is 1. The van der Waals surface area contributed by atoms with Crippen LogP contribution in [-0.2, 0) is 10.9 Å². The average Bonchev–Trinajstić information content (AvgIpc) is 2.87. The van der Waals surface area contributed by atoms with E-state index in [0.29, 0.717) is 22.8 Å². The lowest BCUT2D eigenvalue weighted by atomic mass is 10.1. The molecule has 3 nitrogen and oxygen atoms in total. The first-order valence-electron chi connectivity index (χ1n) is 5.34. The Balaban J connectivity index is 2.17. The lowest BCUT2D eigenvalue weighted by molar-refractivity contribution is -0.137. The van der Waals surface area contributed by atoms with Crippen molar-refractivity contribution >= 4 is 11.3 Å². The van der Waals surface area contributed by atoms with Crippen molar-refractivity contribution in [1.82, 2.24) is 10.3 Å². The van der Waals surface area contributed by atoms with Crippen molar-refractivity contribution in [3.05, 3.63) is 16.1 Å². The van der Waals surface area contributed by atoms with E-state index in [-0.39, 0.29) is 12.1 Å². The number of hydrogen-bond acceptors (Lipinski definition) is 4. The van der Waals surface area contributed by atoms with Gasteiger partial charge < -0.3 is 10.1 Å². The van der Waals surface area contributed by atoms with E-state index in [1.165, 1.54) is 6.20 Å². The van der Waals surface area contributed by atoms with Gasteiger partial charge in [-0.05, 0) is 19.9 Å². The van der Waals surface area contributed by atoms with Gasteiger partial charge in [-0.1, -0.05) is 0 Å². The summed E-state index contributed by atoms with van der Waals surface area (Å²) in [7, 11) is 1.72. The Kier molecular flexibility index (Phi) is 3.70. The molecule has 7 heteroatoms. The van der Waals surface area contributed by atoms with Crippen LogP contribution in [0.2, 0.25) is 0 Å². The van der Waals surface area contributed by atoms with Gasteiger partial charge in [-0.25, -0.2) is 4.98 Å². The summed E-state index contributed by atoms with van der Waals surface area (Å²) in [5.74, 6) is 0. The van der Waals surface area contributed by atoms with E-state index in [1.54, 1.807) is 7.05 Å². The first-order chi connectivity index (χ1) is 8.02. The molecule has 0 amide bonds. The number of ether oxygens (including phenoxy) is 1. The summed E-state index contributed by atoms with van der Waals surface area (Å²) < 4.78 is 42.8. The summed E-state index contributed by atoms with van der Waals surface area (Å²) in [6, 6.07) is -0.203. The Hall–Kier alpha value is -0.660. The summed E-state index contributed by atoms with van der Waals surface area (Å²) in [6.45, 7) is 0.674. The first-order valence-corrected chi connectivity index (χ1v) is 6.16. The number of nitrogens with zero attached hydrogens (tertiary/aromatic N) is 1.